The lowest BCUT2D eigenvalue weighted by Crippen LogP contribution is -2.25. The summed E-state index contributed by atoms with van der Waals surface area (Å²) in [5.41, 5.74) is 0. The second-order valence-corrected chi connectivity index (χ2v) is 3.55. The molecule has 0 saturated carbocycles. The van der Waals surface area contributed by atoms with Crippen LogP contribution in [0.5, 0.6) is 0 Å². The number of nitrogens with zero attached hydrogens (tertiary/aromatic N) is 3. The molecule has 1 aromatic rings. The Hall–Kier alpha value is -0.350. The molecule has 68 valence electrons. The molecule has 0 radical (unpaired) electrons. The Kier molecular flexibility index (Phi) is 4.32. The van der Waals surface area contributed by atoms with E-state index in [1.165, 1.54) is 0 Å². The summed E-state index contributed by atoms with van der Waals surface area (Å²) in [6.45, 7) is 3.10. The van der Waals surface area contributed by atoms with Crippen molar-refractivity contribution in [1.82, 2.24) is 14.7 Å². The van der Waals surface area contributed by atoms with E-state index in [1.807, 2.05) is 23.1 Å². The number of likely N-dealkylation sites (N-methyl/N-ethyl adjacent to an activating group) is 1. The fourth-order valence-electron chi connectivity index (χ4n) is 0.962. The quantitative estimate of drug-likeness (QED) is 0.711. The van der Waals surface area contributed by atoms with Crippen molar-refractivity contribution in [3.05, 3.63) is 18.5 Å². The molecule has 1 aromatic heterocycles. The van der Waals surface area contributed by atoms with Gasteiger partial charge in [0, 0.05) is 30.8 Å². The predicted molar refractivity (Wildman–Crippen MR) is 53.5 cm³/mol. The van der Waals surface area contributed by atoms with E-state index in [0.29, 0.717) is 0 Å². The molecule has 0 aliphatic carbocycles. The second kappa shape index (κ2) is 5.32. The molecule has 0 aromatic carbocycles. The molecule has 1 heterocycles. The molecule has 0 atom stereocenters. The van der Waals surface area contributed by atoms with E-state index < -0.39 is 0 Å². The lowest BCUT2D eigenvalue weighted by Gasteiger charge is -2.14. The van der Waals surface area contributed by atoms with Crippen LogP contribution in [0, 0.1) is 0 Å². The van der Waals surface area contributed by atoms with Gasteiger partial charge in [-0.05, 0) is 13.1 Å². The summed E-state index contributed by atoms with van der Waals surface area (Å²) in [5.74, 6) is 0. The van der Waals surface area contributed by atoms with E-state index in [9.17, 15) is 0 Å². The van der Waals surface area contributed by atoms with Gasteiger partial charge in [-0.25, -0.2) is 0 Å². The first kappa shape index (κ1) is 9.74. The number of halogens is 1. The highest BCUT2D eigenvalue weighted by atomic mass is 79.9. The summed E-state index contributed by atoms with van der Waals surface area (Å²) in [6, 6.07) is 1.95. The third kappa shape index (κ3) is 3.36. The number of alkyl halides is 1. The molecule has 0 amide bonds. The minimum absolute atomic E-state index is 0.969. The van der Waals surface area contributed by atoms with Gasteiger partial charge < -0.3 is 4.90 Å². The Morgan fingerprint density at radius 3 is 2.92 bits per heavy atom. The summed E-state index contributed by atoms with van der Waals surface area (Å²) in [7, 11) is 2.12. The largest absolute Gasteiger partial charge is 0.304 e. The summed E-state index contributed by atoms with van der Waals surface area (Å²) < 4.78 is 1.95. The third-order valence-corrected chi connectivity index (χ3v) is 2.09. The molecule has 0 unspecified atom stereocenters. The molecule has 0 spiro atoms. The maximum absolute atomic E-state index is 4.13. The van der Waals surface area contributed by atoms with Gasteiger partial charge in [-0.1, -0.05) is 15.9 Å². The lowest BCUT2D eigenvalue weighted by atomic mass is 10.5. The van der Waals surface area contributed by atoms with E-state index in [2.05, 4.69) is 33.0 Å². The van der Waals surface area contributed by atoms with Gasteiger partial charge in [0.15, 0.2) is 0 Å². The Morgan fingerprint density at radius 1 is 1.50 bits per heavy atom. The molecule has 4 heteroatoms. The first-order chi connectivity index (χ1) is 5.83. The van der Waals surface area contributed by atoms with Gasteiger partial charge in [-0.15, -0.1) is 0 Å². The van der Waals surface area contributed by atoms with E-state index >= 15 is 0 Å². The van der Waals surface area contributed by atoms with Crippen molar-refractivity contribution >= 4 is 15.9 Å². The number of hydrogen-bond donors (Lipinski definition) is 0. The van der Waals surface area contributed by atoms with Gasteiger partial charge in [-0.3, -0.25) is 4.68 Å². The summed E-state index contributed by atoms with van der Waals surface area (Å²) in [5, 5.41) is 5.16. The zero-order valence-corrected chi connectivity index (χ0v) is 8.87. The Bertz CT molecular complexity index is 198. The molecule has 1 rings (SSSR count). The van der Waals surface area contributed by atoms with E-state index in [0.717, 1.165) is 25.0 Å². The topological polar surface area (TPSA) is 21.1 Å². The van der Waals surface area contributed by atoms with Gasteiger partial charge >= 0.3 is 0 Å². The average Bonchev–Trinajstić information content (AvgIpc) is 2.53. The van der Waals surface area contributed by atoms with Gasteiger partial charge in [0.1, 0.15) is 0 Å². The molecular weight excluding hydrogens is 218 g/mol. The van der Waals surface area contributed by atoms with Gasteiger partial charge in [-0.2, -0.15) is 5.10 Å². The maximum atomic E-state index is 4.13. The third-order valence-electron chi connectivity index (χ3n) is 1.74. The van der Waals surface area contributed by atoms with Crippen LogP contribution in [0.3, 0.4) is 0 Å². The zero-order chi connectivity index (χ0) is 8.81. The van der Waals surface area contributed by atoms with E-state index in [1.54, 1.807) is 0 Å². The minimum Gasteiger partial charge on any atom is -0.304 e. The van der Waals surface area contributed by atoms with Crippen LogP contribution in [0.1, 0.15) is 0 Å². The Balaban J connectivity index is 2.17. The van der Waals surface area contributed by atoms with Gasteiger partial charge in [0.05, 0.1) is 6.54 Å². The highest BCUT2D eigenvalue weighted by molar-refractivity contribution is 9.09. The number of hydrogen-bond acceptors (Lipinski definition) is 2. The monoisotopic (exact) mass is 231 g/mol. The Labute approximate surface area is 81.5 Å². The molecule has 3 nitrogen and oxygen atoms in total. The van der Waals surface area contributed by atoms with Crippen molar-refractivity contribution in [1.29, 1.82) is 0 Å². The SMILES string of the molecule is CN(CCBr)CCn1cccn1. The van der Waals surface area contributed by atoms with Crippen molar-refractivity contribution in [3.8, 4) is 0 Å². The van der Waals surface area contributed by atoms with Crippen LogP contribution in [-0.2, 0) is 6.54 Å². The fraction of sp³-hybridized carbons (Fsp3) is 0.625. The van der Waals surface area contributed by atoms with Crippen LogP contribution in [0.2, 0.25) is 0 Å². The molecule has 0 saturated heterocycles. The predicted octanol–water partition coefficient (Wildman–Crippen LogP) is 1.21. The van der Waals surface area contributed by atoms with Crippen molar-refractivity contribution in [2.24, 2.45) is 0 Å². The normalized spacial score (nSPS) is 10.9. The van der Waals surface area contributed by atoms with Crippen molar-refractivity contribution < 1.29 is 0 Å². The van der Waals surface area contributed by atoms with Crippen LogP contribution < -0.4 is 0 Å². The van der Waals surface area contributed by atoms with Crippen molar-refractivity contribution in [2.45, 2.75) is 6.54 Å². The molecule has 0 bridgehead atoms. The molecular formula is C8H14BrN3. The van der Waals surface area contributed by atoms with Crippen LogP contribution in [0.25, 0.3) is 0 Å². The first-order valence-electron chi connectivity index (χ1n) is 4.05. The molecule has 12 heavy (non-hydrogen) atoms. The maximum Gasteiger partial charge on any atom is 0.0536 e. The van der Waals surface area contributed by atoms with Crippen LogP contribution in [0.4, 0.5) is 0 Å². The second-order valence-electron chi connectivity index (χ2n) is 2.76. The van der Waals surface area contributed by atoms with Crippen LogP contribution in [0.15, 0.2) is 18.5 Å². The molecule has 0 N–H and O–H groups in total. The van der Waals surface area contributed by atoms with E-state index in [-0.39, 0.29) is 0 Å². The standard InChI is InChI=1S/C8H14BrN3/c1-11(6-3-9)7-8-12-5-2-4-10-12/h2,4-5H,3,6-8H2,1H3. The van der Waals surface area contributed by atoms with Gasteiger partial charge in [0.25, 0.3) is 0 Å². The van der Waals surface area contributed by atoms with Crippen molar-refractivity contribution in [2.75, 3.05) is 25.5 Å². The number of aromatic nitrogens is 2. The highest BCUT2D eigenvalue weighted by Crippen LogP contribution is 1.89. The molecule has 0 aliphatic heterocycles. The van der Waals surface area contributed by atoms with Gasteiger partial charge in [0.2, 0.25) is 0 Å². The van der Waals surface area contributed by atoms with E-state index in [4.69, 9.17) is 0 Å². The summed E-state index contributed by atoms with van der Waals surface area (Å²) >= 11 is 3.40. The first-order valence-corrected chi connectivity index (χ1v) is 5.17. The van der Waals surface area contributed by atoms with Crippen molar-refractivity contribution in [3.63, 3.8) is 0 Å². The molecule has 0 aliphatic rings. The lowest BCUT2D eigenvalue weighted by molar-refractivity contribution is 0.331. The average molecular weight is 232 g/mol. The summed E-state index contributed by atoms with van der Waals surface area (Å²) in [4.78, 5) is 2.27. The minimum atomic E-state index is 0.969. The summed E-state index contributed by atoms with van der Waals surface area (Å²) in [6.07, 6.45) is 3.80. The highest BCUT2D eigenvalue weighted by Gasteiger charge is 1.96. The smallest absolute Gasteiger partial charge is 0.0536 e. The molecule has 0 fully saturated rings. The Morgan fingerprint density at radius 2 is 2.33 bits per heavy atom. The van der Waals surface area contributed by atoms with Crippen LogP contribution in [-0.4, -0.2) is 40.1 Å². The van der Waals surface area contributed by atoms with Crippen LogP contribution >= 0.6 is 15.9 Å². The zero-order valence-electron chi connectivity index (χ0n) is 7.28. The fourth-order valence-corrected chi connectivity index (χ4v) is 1.57. The number of rotatable bonds is 5.